The summed E-state index contributed by atoms with van der Waals surface area (Å²) < 4.78 is 71.5. The number of fused-ring (bicyclic) bond motifs is 4. The molecule has 3 saturated heterocycles. The lowest BCUT2D eigenvalue weighted by molar-refractivity contribution is 0.0675. The number of hydrogen-bond donors (Lipinski definition) is 1. The van der Waals surface area contributed by atoms with Crippen LogP contribution < -0.4 is 19.7 Å². The van der Waals surface area contributed by atoms with E-state index in [0.717, 1.165) is 64.5 Å². The molecule has 0 aliphatic carbocycles. The molecule has 57 heavy (non-hydrogen) atoms. The van der Waals surface area contributed by atoms with E-state index >= 15 is 8.78 Å². The fourth-order valence-corrected chi connectivity index (χ4v) is 9.67. The Labute approximate surface area is 328 Å². The Morgan fingerprint density at radius 1 is 1.02 bits per heavy atom. The fourth-order valence-electron chi connectivity index (χ4n) is 9.67. The number of benzene rings is 2. The van der Waals surface area contributed by atoms with Gasteiger partial charge in [0, 0.05) is 54.4 Å². The number of alkyl halides is 2. The molecule has 0 radical (unpaired) electrons. The van der Waals surface area contributed by atoms with Gasteiger partial charge in [0.15, 0.2) is 11.6 Å². The summed E-state index contributed by atoms with van der Waals surface area (Å²) in [5.41, 5.74) is 0.990. The molecule has 0 amide bonds. The molecule has 0 bridgehead atoms. The van der Waals surface area contributed by atoms with Crippen LogP contribution in [-0.4, -0.2) is 86.3 Å². The van der Waals surface area contributed by atoms with Gasteiger partial charge in [0.05, 0.1) is 22.2 Å². The first-order chi connectivity index (χ1) is 27.8. The van der Waals surface area contributed by atoms with E-state index < -0.39 is 23.9 Å². The number of halogens is 4. The molecule has 0 saturated carbocycles. The van der Waals surface area contributed by atoms with E-state index in [1.54, 1.807) is 18.2 Å². The molecule has 14 heteroatoms. The van der Waals surface area contributed by atoms with Crippen molar-refractivity contribution < 1.29 is 27.0 Å². The molecule has 3 fully saturated rings. The molecule has 9 rings (SSSR count). The molecule has 0 spiro atoms. The number of pyridine rings is 1. The van der Waals surface area contributed by atoms with Crippen LogP contribution in [0.25, 0.3) is 32.9 Å². The van der Waals surface area contributed by atoms with Gasteiger partial charge in [-0.2, -0.15) is 15.0 Å². The van der Waals surface area contributed by atoms with Crippen molar-refractivity contribution in [3.05, 3.63) is 71.3 Å². The van der Waals surface area contributed by atoms with Crippen LogP contribution >= 0.6 is 0 Å². The van der Waals surface area contributed by atoms with Crippen molar-refractivity contribution in [2.24, 2.45) is 0 Å². The number of hydrogen-bond acceptors (Lipinski definition) is 10. The van der Waals surface area contributed by atoms with Crippen LogP contribution in [0.1, 0.15) is 81.8 Å². The van der Waals surface area contributed by atoms with Gasteiger partial charge in [-0.1, -0.05) is 43.5 Å². The lowest BCUT2D eigenvalue weighted by Gasteiger charge is -2.42. The molecular formula is C43H44F4N8O2. The highest BCUT2D eigenvalue weighted by atomic mass is 19.3. The molecule has 10 nitrogen and oxygen atoms in total. The lowest BCUT2D eigenvalue weighted by atomic mass is 9.94. The second-order valence-corrected chi connectivity index (χ2v) is 15.7. The van der Waals surface area contributed by atoms with E-state index in [9.17, 15) is 8.78 Å². The molecule has 3 aromatic heterocycles. The first-order valence-corrected chi connectivity index (χ1v) is 20.0. The third-order valence-electron chi connectivity index (χ3n) is 12.3. The summed E-state index contributed by atoms with van der Waals surface area (Å²) in [6, 6.07) is 10.3. The average Bonchev–Trinajstić information content (AvgIpc) is 3.79. The summed E-state index contributed by atoms with van der Waals surface area (Å²) >= 11 is 0. The number of nitrogens with one attached hydrogen (secondary N) is 1. The van der Waals surface area contributed by atoms with E-state index in [1.807, 2.05) is 6.07 Å². The van der Waals surface area contributed by atoms with Gasteiger partial charge in [0.2, 0.25) is 5.88 Å². The molecule has 7 heterocycles. The van der Waals surface area contributed by atoms with Gasteiger partial charge in [0.1, 0.15) is 36.1 Å². The van der Waals surface area contributed by atoms with Crippen molar-refractivity contribution in [1.82, 2.24) is 35.1 Å². The zero-order valence-electron chi connectivity index (χ0n) is 31.8. The molecular weight excluding hydrogens is 737 g/mol. The normalized spacial score (nSPS) is 23.3. The molecule has 2 aromatic carbocycles. The maximum absolute atomic E-state index is 17.4. The van der Waals surface area contributed by atoms with E-state index in [4.69, 9.17) is 30.8 Å². The quantitative estimate of drug-likeness (QED) is 0.113. The third kappa shape index (κ3) is 6.78. The van der Waals surface area contributed by atoms with Gasteiger partial charge >= 0.3 is 6.01 Å². The van der Waals surface area contributed by atoms with Gasteiger partial charge in [0.25, 0.3) is 6.43 Å². The number of rotatable bonds is 10. The third-order valence-corrected chi connectivity index (χ3v) is 12.3. The second kappa shape index (κ2) is 15.3. The monoisotopic (exact) mass is 780 g/mol. The Morgan fingerprint density at radius 2 is 1.91 bits per heavy atom. The Balaban J connectivity index is 1.10. The summed E-state index contributed by atoms with van der Waals surface area (Å²) in [4.78, 5) is 27.1. The maximum Gasteiger partial charge on any atom is 0.319 e. The highest BCUT2D eigenvalue weighted by molar-refractivity contribution is 6.02. The minimum Gasteiger partial charge on any atom is -0.476 e. The first-order valence-electron chi connectivity index (χ1n) is 20.0. The topological polar surface area (TPSA) is 101 Å². The van der Waals surface area contributed by atoms with E-state index in [1.165, 1.54) is 18.3 Å². The molecule has 4 atom stereocenters. The molecule has 4 aliphatic heterocycles. The van der Waals surface area contributed by atoms with Gasteiger partial charge in [-0.3, -0.25) is 4.90 Å². The first kappa shape index (κ1) is 37.4. The predicted molar refractivity (Wildman–Crippen MR) is 209 cm³/mol. The molecule has 1 N–H and O–H groups in total. The maximum atomic E-state index is 17.4. The van der Waals surface area contributed by atoms with Gasteiger partial charge in [-0.05, 0) is 69.4 Å². The number of aromatic nitrogens is 5. The SMILES string of the molecule is C#Cc1c(F)ccc2cccc(-c3nc4c5c(nc(OC[C@@]67CCCN6[C@H](COc6ccnc(C(F)F)n6)CC7)nc5c3F)N3C[C@@H](CCC)NC[C@H]3CCC4)c12. The second-order valence-electron chi connectivity index (χ2n) is 15.7. The Bertz CT molecular complexity index is 2370. The zero-order valence-corrected chi connectivity index (χ0v) is 31.8. The van der Waals surface area contributed by atoms with Gasteiger partial charge < -0.3 is 19.7 Å². The zero-order chi connectivity index (χ0) is 39.3. The van der Waals surface area contributed by atoms with Crippen molar-refractivity contribution in [2.75, 3.05) is 37.7 Å². The summed E-state index contributed by atoms with van der Waals surface area (Å²) in [6.07, 6.45) is 12.1. The van der Waals surface area contributed by atoms with Crippen molar-refractivity contribution >= 4 is 27.5 Å². The lowest BCUT2D eigenvalue weighted by Crippen LogP contribution is -2.57. The fraction of sp³-hybridized carbons (Fsp3) is 0.465. The number of nitrogens with zero attached hydrogens (tertiary/aromatic N) is 7. The van der Waals surface area contributed by atoms with Crippen molar-refractivity contribution in [3.63, 3.8) is 0 Å². The molecule has 296 valence electrons. The van der Waals surface area contributed by atoms with E-state index in [0.29, 0.717) is 46.2 Å². The predicted octanol–water partition coefficient (Wildman–Crippen LogP) is 7.57. The number of aryl methyl sites for hydroxylation is 1. The summed E-state index contributed by atoms with van der Waals surface area (Å²) in [6.45, 7) is 5.04. The molecule has 4 aliphatic rings. The van der Waals surface area contributed by atoms with E-state index in [-0.39, 0.29) is 65.5 Å². The summed E-state index contributed by atoms with van der Waals surface area (Å²) in [5.74, 6) is 1.46. The van der Waals surface area contributed by atoms with Crippen LogP contribution in [-0.2, 0) is 6.42 Å². The van der Waals surface area contributed by atoms with Crippen molar-refractivity contribution in [1.29, 1.82) is 0 Å². The minimum absolute atomic E-state index is 0.0242. The van der Waals surface area contributed by atoms with Gasteiger partial charge in [-0.15, -0.1) is 6.42 Å². The van der Waals surface area contributed by atoms with Gasteiger partial charge in [-0.25, -0.2) is 27.5 Å². The number of ether oxygens (including phenoxy) is 2. The van der Waals surface area contributed by atoms with Crippen LogP contribution in [0.4, 0.5) is 23.4 Å². The Morgan fingerprint density at radius 3 is 2.75 bits per heavy atom. The summed E-state index contributed by atoms with van der Waals surface area (Å²) in [7, 11) is 0. The largest absolute Gasteiger partial charge is 0.476 e. The average molecular weight is 781 g/mol. The van der Waals surface area contributed by atoms with Crippen LogP contribution in [0.15, 0.2) is 42.6 Å². The molecule has 0 unspecified atom stereocenters. The van der Waals surface area contributed by atoms with Crippen LogP contribution in [0.5, 0.6) is 11.9 Å². The van der Waals surface area contributed by atoms with Crippen LogP contribution in [0.2, 0.25) is 0 Å². The number of piperazine rings is 1. The molecule has 5 aromatic rings. The van der Waals surface area contributed by atoms with E-state index in [2.05, 4.69) is 37.9 Å². The van der Waals surface area contributed by atoms with Crippen molar-refractivity contribution in [2.45, 2.75) is 94.8 Å². The van der Waals surface area contributed by atoms with Crippen LogP contribution in [0.3, 0.4) is 0 Å². The minimum atomic E-state index is -2.79. The van der Waals surface area contributed by atoms with Crippen LogP contribution in [0, 0.1) is 24.0 Å². The summed E-state index contributed by atoms with van der Waals surface area (Å²) in [5, 5.41) is 5.40. The highest BCUT2D eigenvalue weighted by Gasteiger charge is 2.50. The number of anilines is 1. The van der Waals surface area contributed by atoms with Crippen molar-refractivity contribution in [3.8, 4) is 35.5 Å². The Kier molecular flexibility index (Phi) is 10.1. The smallest absolute Gasteiger partial charge is 0.319 e. The Hall–Kier alpha value is -5.13. The number of terminal acetylenes is 1. The highest BCUT2D eigenvalue weighted by Crippen LogP contribution is 2.44. The standard InChI is InChI=1S/C43H44F4N8O2/c1-3-8-26-22-54-27(21-49-26)10-6-12-32-35-38(36(45)37(50-32)30-11-5-9-25-13-14-31(44)29(4-2)34(25)30)52-42(53-41(35)54)57-24-43-17-7-20-55(43)28(15-18-43)23-56-33-16-19-48-40(51-33)39(46)47/h2,5,9,11,13-14,16,19,26-28,39,49H,3,6-8,10,12,15,17-18,20-24H2,1H3/t26-,27-,28+,43+/m1/s1.